The normalized spacial score (nSPS) is 19.6. The molecule has 1 aliphatic rings. The first kappa shape index (κ1) is 15.4. The van der Waals surface area contributed by atoms with Gasteiger partial charge in [0.1, 0.15) is 0 Å². The van der Waals surface area contributed by atoms with Crippen LogP contribution in [0.4, 0.5) is 0 Å². The second kappa shape index (κ2) is 6.62. The zero-order valence-electron chi connectivity index (χ0n) is 11.5. The van der Waals surface area contributed by atoms with Crippen LogP contribution in [-0.2, 0) is 21.4 Å². The van der Waals surface area contributed by atoms with E-state index in [0.29, 0.717) is 25.3 Å². The molecule has 0 saturated carbocycles. The Morgan fingerprint density at radius 1 is 1.50 bits per heavy atom. The highest BCUT2D eigenvalue weighted by Crippen LogP contribution is 2.18. The van der Waals surface area contributed by atoms with E-state index in [1.165, 1.54) is 16.6 Å². The molecule has 0 bridgehead atoms. The lowest BCUT2D eigenvalue weighted by atomic mass is 10.2. The smallest absolute Gasteiger partial charge is 0.260 e. The molecule has 6 nitrogen and oxygen atoms in total. The fraction of sp³-hybridized carbons (Fsp3) is 0.615. The molecule has 2 heterocycles. The Hall–Kier alpha value is -1.02. The van der Waals surface area contributed by atoms with E-state index >= 15 is 0 Å². The Morgan fingerprint density at radius 3 is 2.80 bits per heavy atom. The largest absolute Gasteiger partial charge is 0.392 e. The molecule has 0 aliphatic carbocycles. The Labute approximate surface area is 119 Å². The second-order valence-corrected chi connectivity index (χ2v) is 6.64. The number of aromatic nitrogens is 1. The quantitative estimate of drug-likeness (QED) is 0.839. The second-order valence-electron chi connectivity index (χ2n) is 4.75. The maximum atomic E-state index is 12.5. The summed E-state index contributed by atoms with van der Waals surface area (Å²) in [5, 5.41) is 8.97. The van der Waals surface area contributed by atoms with Crippen LogP contribution in [0.15, 0.2) is 23.4 Å². The summed E-state index contributed by atoms with van der Waals surface area (Å²) in [6.45, 7) is 3.09. The molecule has 0 aromatic carbocycles. The Bertz CT molecular complexity index is 524. The minimum Gasteiger partial charge on any atom is -0.392 e. The topological polar surface area (TPSA) is 79.7 Å². The van der Waals surface area contributed by atoms with Crippen molar-refractivity contribution in [3.05, 3.63) is 23.9 Å². The van der Waals surface area contributed by atoms with Gasteiger partial charge in [-0.1, -0.05) is 13.0 Å². The summed E-state index contributed by atoms with van der Waals surface area (Å²) in [5.41, 5.74) is 0.589. The number of pyridine rings is 1. The zero-order valence-corrected chi connectivity index (χ0v) is 12.3. The van der Waals surface area contributed by atoms with Crippen LogP contribution in [0.2, 0.25) is 0 Å². The fourth-order valence-electron chi connectivity index (χ4n) is 2.20. The van der Waals surface area contributed by atoms with Crippen LogP contribution in [0.1, 0.15) is 25.3 Å². The molecule has 1 unspecified atom stereocenters. The van der Waals surface area contributed by atoms with Gasteiger partial charge in [0.2, 0.25) is 0 Å². The molecule has 0 radical (unpaired) electrons. The molecule has 1 atom stereocenters. The van der Waals surface area contributed by atoms with Gasteiger partial charge < -0.3 is 9.84 Å². The highest BCUT2D eigenvalue weighted by Gasteiger charge is 2.28. The van der Waals surface area contributed by atoms with Crippen LogP contribution < -0.4 is 0 Å². The molecular formula is C13H20N2O4S. The molecule has 7 heteroatoms. The molecule has 1 aliphatic heterocycles. The minimum absolute atomic E-state index is 0.00884. The van der Waals surface area contributed by atoms with Crippen LogP contribution >= 0.6 is 0 Å². The van der Waals surface area contributed by atoms with Crippen molar-refractivity contribution >= 4 is 10.0 Å². The summed E-state index contributed by atoms with van der Waals surface area (Å²) in [5.74, 6) is 0. The van der Waals surface area contributed by atoms with Gasteiger partial charge in [-0.25, -0.2) is 13.4 Å². The molecule has 1 saturated heterocycles. The van der Waals surface area contributed by atoms with Gasteiger partial charge in [0.25, 0.3) is 10.0 Å². The van der Waals surface area contributed by atoms with Crippen molar-refractivity contribution in [2.75, 3.05) is 19.7 Å². The van der Waals surface area contributed by atoms with Crippen molar-refractivity contribution in [2.24, 2.45) is 0 Å². The average molecular weight is 300 g/mol. The van der Waals surface area contributed by atoms with Gasteiger partial charge in [-0.3, -0.25) is 0 Å². The monoisotopic (exact) mass is 300 g/mol. The first-order valence-electron chi connectivity index (χ1n) is 6.75. The third kappa shape index (κ3) is 3.35. The lowest BCUT2D eigenvalue weighted by Gasteiger charge is -2.22. The number of nitrogens with zero attached hydrogens (tertiary/aromatic N) is 2. The average Bonchev–Trinajstić information content (AvgIpc) is 2.97. The van der Waals surface area contributed by atoms with Crippen molar-refractivity contribution in [2.45, 2.75) is 37.5 Å². The number of rotatable bonds is 6. The van der Waals surface area contributed by atoms with Gasteiger partial charge in [0, 0.05) is 25.9 Å². The Balaban J connectivity index is 2.16. The maximum Gasteiger partial charge on any atom is 0.260 e. The van der Waals surface area contributed by atoms with Gasteiger partial charge in [-0.2, -0.15) is 4.31 Å². The molecule has 20 heavy (non-hydrogen) atoms. The van der Waals surface area contributed by atoms with Crippen LogP contribution in [0.3, 0.4) is 0 Å². The highest BCUT2D eigenvalue weighted by atomic mass is 32.2. The molecule has 1 aromatic rings. The van der Waals surface area contributed by atoms with E-state index in [4.69, 9.17) is 9.84 Å². The number of sulfonamides is 1. The number of likely N-dealkylation sites (N-methyl/N-ethyl adjacent to an activating group) is 1. The minimum atomic E-state index is -3.60. The van der Waals surface area contributed by atoms with Crippen LogP contribution in [0, 0.1) is 0 Å². The van der Waals surface area contributed by atoms with Crippen LogP contribution in [0.25, 0.3) is 0 Å². The summed E-state index contributed by atoms with van der Waals surface area (Å²) >= 11 is 0. The van der Waals surface area contributed by atoms with E-state index in [9.17, 15) is 8.42 Å². The van der Waals surface area contributed by atoms with Crippen LogP contribution in [0.5, 0.6) is 0 Å². The van der Waals surface area contributed by atoms with E-state index in [1.54, 1.807) is 13.0 Å². The highest BCUT2D eigenvalue weighted by molar-refractivity contribution is 7.89. The van der Waals surface area contributed by atoms with Gasteiger partial charge in [-0.05, 0) is 24.5 Å². The lowest BCUT2D eigenvalue weighted by molar-refractivity contribution is 0.0946. The van der Waals surface area contributed by atoms with E-state index < -0.39 is 10.0 Å². The molecule has 1 N–H and O–H groups in total. The van der Waals surface area contributed by atoms with Gasteiger partial charge >= 0.3 is 0 Å². The predicted octanol–water partition coefficient (Wildman–Crippen LogP) is 0.764. The van der Waals surface area contributed by atoms with Crippen molar-refractivity contribution in [3.63, 3.8) is 0 Å². The number of ether oxygens (including phenoxy) is 1. The van der Waals surface area contributed by atoms with Crippen molar-refractivity contribution in [3.8, 4) is 0 Å². The van der Waals surface area contributed by atoms with Gasteiger partial charge in [-0.15, -0.1) is 0 Å². The summed E-state index contributed by atoms with van der Waals surface area (Å²) in [4.78, 5) is 3.93. The standard InChI is InChI=1S/C13H20N2O4S/c1-2-15(9-12-4-3-7-19-12)20(17,18)13-6-5-11(10-16)8-14-13/h5-6,8,12,16H,2-4,7,9-10H2,1H3. The zero-order chi connectivity index (χ0) is 14.6. The SMILES string of the molecule is CCN(CC1CCCO1)S(=O)(=O)c1ccc(CO)cn1. The van der Waals surface area contributed by atoms with Gasteiger partial charge in [0.05, 0.1) is 12.7 Å². The summed E-state index contributed by atoms with van der Waals surface area (Å²) in [7, 11) is -3.60. The molecule has 1 aromatic heterocycles. The summed E-state index contributed by atoms with van der Waals surface area (Å²) in [6.07, 6.45) is 3.22. The molecule has 0 spiro atoms. The van der Waals surface area contributed by atoms with E-state index in [-0.39, 0.29) is 17.7 Å². The Morgan fingerprint density at radius 2 is 2.30 bits per heavy atom. The van der Waals surface area contributed by atoms with Crippen molar-refractivity contribution in [1.82, 2.24) is 9.29 Å². The van der Waals surface area contributed by atoms with Crippen LogP contribution in [-0.4, -0.2) is 48.6 Å². The Kier molecular flexibility index (Phi) is 5.09. The molecule has 2 rings (SSSR count). The first-order chi connectivity index (χ1) is 9.57. The third-order valence-corrected chi connectivity index (χ3v) is 5.23. The fourth-order valence-corrected chi connectivity index (χ4v) is 3.59. The maximum absolute atomic E-state index is 12.5. The van der Waals surface area contributed by atoms with E-state index in [1.807, 2.05) is 0 Å². The molecular weight excluding hydrogens is 280 g/mol. The lowest BCUT2D eigenvalue weighted by Crippen LogP contribution is -2.37. The van der Waals surface area contributed by atoms with E-state index in [0.717, 1.165) is 12.8 Å². The van der Waals surface area contributed by atoms with Crippen molar-refractivity contribution in [1.29, 1.82) is 0 Å². The number of aliphatic hydroxyl groups excluding tert-OH is 1. The number of hydrogen-bond donors (Lipinski definition) is 1. The van der Waals surface area contributed by atoms with Crippen molar-refractivity contribution < 1.29 is 18.3 Å². The first-order valence-corrected chi connectivity index (χ1v) is 8.19. The van der Waals surface area contributed by atoms with E-state index in [2.05, 4.69) is 4.98 Å². The molecule has 0 amide bonds. The predicted molar refractivity (Wildman–Crippen MR) is 73.6 cm³/mol. The summed E-state index contributed by atoms with van der Waals surface area (Å²) in [6, 6.07) is 3.00. The molecule has 1 fully saturated rings. The summed E-state index contributed by atoms with van der Waals surface area (Å²) < 4.78 is 31.9. The number of hydrogen-bond acceptors (Lipinski definition) is 5. The number of aliphatic hydroxyl groups is 1. The third-order valence-electron chi connectivity index (χ3n) is 3.37. The van der Waals surface area contributed by atoms with Gasteiger partial charge in [0.15, 0.2) is 5.03 Å². The molecule has 112 valence electrons.